The molecular formula is C19H13ClO2S. The fraction of sp³-hybridized carbons (Fsp3) is 0.0526. The zero-order valence-corrected chi connectivity index (χ0v) is 13.9. The summed E-state index contributed by atoms with van der Waals surface area (Å²) in [5.41, 5.74) is 3.33. The van der Waals surface area contributed by atoms with Crippen molar-refractivity contribution in [3.8, 4) is 11.1 Å². The van der Waals surface area contributed by atoms with Crippen LogP contribution >= 0.6 is 11.6 Å². The van der Waals surface area contributed by atoms with Gasteiger partial charge < -0.3 is 8.97 Å². The quantitative estimate of drug-likeness (QED) is 0.442. The molecule has 23 heavy (non-hydrogen) atoms. The van der Waals surface area contributed by atoms with E-state index in [-0.39, 0.29) is 0 Å². The third-order valence-electron chi connectivity index (χ3n) is 3.95. The smallest absolute Gasteiger partial charge is 0.160 e. The highest BCUT2D eigenvalue weighted by molar-refractivity contribution is 7.90. The van der Waals surface area contributed by atoms with Crippen molar-refractivity contribution in [2.24, 2.45) is 0 Å². The first kappa shape index (κ1) is 14.6. The van der Waals surface area contributed by atoms with Gasteiger partial charge in [0.15, 0.2) is 4.90 Å². The van der Waals surface area contributed by atoms with Crippen LogP contribution in [-0.4, -0.2) is 10.8 Å². The summed E-state index contributed by atoms with van der Waals surface area (Å²) in [4.78, 5) is 0.768. The van der Waals surface area contributed by atoms with Crippen molar-refractivity contribution in [2.75, 3.05) is 6.26 Å². The molecule has 0 amide bonds. The van der Waals surface area contributed by atoms with Crippen LogP contribution in [0.2, 0.25) is 5.02 Å². The molecule has 4 heteroatoms. The van der Waals surface area contributed by atoms with Gasteiger partial charge in [-0.1, -0.05) is 41.9 Å². The van der Waals surface area contributed by atoms with E-state index in [0.29, 0.717) is 5.02 Å². The normalized spacial score (nSPS) is 12.8. The predicted molar refractivity (Wildman–Crippen MR) is 96.5 cm³/mol. The monoisotopic (exact) mass is 340 g/mol. The molecule has 0 saturated heterocycles. The lowest BCUT2D eigenvalue weighted by Gasteiger charge is -2.11. The van der Waals surface area contributed by atoms with Crippen molar-refractivity contribution in [3.05, 3.63) is 65.7 Å². The van der Waals surface area contributed by atoms with Crippen LogP contribution < -0.4 is 0 Å². The van der Waals surface area contributed by atoms with Gasteiger partial charge in [-0.05, 0) is 41.5 Å². The Morgan fingerprint density at radius 3 is 2.43 bits per heavy atom. The summed E-state index contributed by atoms with van der Waals surface area (Å²) in [6.07, 6.45) is 1.67. The van der Waals surface area contributed by atoms with Gasteiger partial charge in [0.1, 0.15) is 17.4 Å². The number of hydrogen-bond donors (Lipinski definition) is 0. The van der Waals surface area contributed by atoms with Gasteiger partial charge in [0.2, 0.25) is 0 Å². The fourth-order valence-electron chi connectivity index (χ4n) is 2.89. The molecule has 1 aromatic heterocycles. The second-order valence-corrected chi connectivity index (χ2v) is 7.13. The Morgan fingerprint density at radius 1 is 0.870 bits per heavy atom. The largest absolute Gasteiger partial charge is 0.612 e. The topological polar surface area (TPSA) is 36.2 Å². The predicted octanol–water partition coefficient (Wildman–Crippen LogP) is 5.64. The molecule has 4 aromatic rings. The van der Waals surface area contributed by atoms with Crippen molar-refractivity contribution in [1.82, 2.24) is 0 Å². The van der Waals surface area contributed by atoms with Gasteiger partial charge >= 0.3 is 0 Å². The molecule has 2 nitrogen and oxygen atoms in total. The highest BCUT2D eigenvalue weighted by Gasteiger charge is 2.17. The minimum atomic E-state index is -1.09. The molecule has 0 aliphatic heterocycles. The minimum Gasteiger partial charge on any atom is -0.612 e. The molecule has 4 rings (SSSR count). The zero-order valence-electron chi connectivity index (χ0n) is 12.4. The molecule has 0 radical (unpaired) electrons. The SMILES string of the molecule is C[S+]([O-])c1ccccc1-c1cc2oc3ccccc3c2cc1Cl. The maximum Gasteiger partial charge on any atom is 0.160 e. The van der Waals surface area contributed by atoms with E-state index in [0.717, 1.165) is 38.0 Å². The molecule has 0 fully saturated rings. The van der Waals surface area contributed by atoms with E-state index in [1.165, 1.54) is 0 Å². The van der Waals surface area contributed by atoms with Gasteiger partial charge in [-0.15, -0.1) is 0 Å². The van der Waals surface area contributed by atoms with Gasteiger partial charge in [0.05, 0.1) is 0 Å². The molecule has 0 spiro atoms. The third kappa shape index (κ3) is 2.41. The van der Waals surface area contributed by atoms with Crippen LogP contribution in [-0.2, 0) is 11.2 Å². The maximum atomic E-state index is 12.0. The van der Waals surface area contributed by atoms with Gasteiger partial charge in [-0.25, -0.2) is 0 Å². The molecule has 0 saturated carbocycles. The highest BCUT2D eigenvalue weighted by Crippen LogP contribution is 2.38. The van der Waals surface area contributed by atoms with Crippen LogP contribution in [0.5, 0.6) is 0 Å². The molecule has 1 heterocycles. The Hall–Kier alpha value is -1.94. The van der Waals surface area contributed by atoms with Crippen LogP contribution in [0.1, 0.15) is 0 Å². The van der Waals surface area contributed by atoms with Crippen molar-refractivity contribution in [2.45, 2.75) is 4.90 Å². The van der Waals surface area contributed by atoms with Gasteiger partial charge in [0.25, 0.3) is 0 Å². The molecule has 0 bridgehead atoms. The number of halogens is 1. The number of hydrogen-bond acceptors (Lipinski definition) is 2. The summed E-state index contributed by atoms with van der Waals surface area (Å²) in [5, 5.41) is 2.66. The fourth-order valence-corrected chi connectivity index (χ4v) is 3.91. The van der Waals surface area contributed by atoms with Crippen molar-refractivity contribution >= 4 is 44.7 Å². The van der Waals surface area contributed by atoms with Gasteiger partial charge in [0, 0.05) is 26.9 Å². The van der Waals surface area contributed by atoms with E-state index in [1.54, 1.807) is 6.26 Å². The second kappa shape index (κ2) is 5.60. The van der Waals surface area contributed by atoms with E-state index in [4.69, 9.17) is 16.0 Å². The van der Waals surface area contributed by atoms with Crippen LogP contribution in [0.3, 0.4) is 0 Å². The van der Waals surface area contributed by atoms with E-state index < -0.39 is 11.2 Å². The average molecular weight is 341 g/mol. The number of fused-ring (bicyclic) bond motifs is 3. The Morgan fingerprint density at radius 2 is 1.61 bits per heavy atom. The molecule has 1 unspecified atom stereocenters. The summed E-state index contributed by atoms with van der Waals surface area (Å²) in [6, 6.07) is 19.4. The lowest BCUT2D eigenvalue weighted by atomic mass is 10.0. The lowest BCUT2D eigenvalue weighted by Crippen LogP contribution is -1.99. The Labute approximate surface area is 141 Å². The molecule has 1 atom stereocenters. The van der Waals surface area contributed by atoms with E-state index in [1.807, 2.05) is 60.7 Å². The Balaban J connectivity index is 2.02. The summed E-state index contributed by atoms with van der Waals surface area (Å²) in [7, 11) is 0. The number of rotatable bonds is 2. The van der Waals surface area contributed by atoms with Gasteiger partial charge in [-0.2, -0.15) is 0 Å². The summed E-state index contributed by atoms with van der Waals surface area (Å²) in [6.45, 7) is 0. The number of benzene rings is 3. The molecule has 0 aliphatic rings. The molecule has 114 valence electrons. The van der Waals surface area contributed by atoms with Crippen molar-refractivity contribution < 1.29 is 8.97 Å². The first-order valence-electron chi connectivity index (χ1n) is 7.19. The van der Waals surface area contributed by atoms with Gasteiger partial charge in [-0.3, -0.25) is 0 Å². The van der Waals surface area contributed by atoms with Crippen molar-refractivity contribution in [1.29, 1.82) is 0 Å². The van der Waals surface area contributed by atoms with Crippen LogP contribution in [0.25, 0.3) is 33.1 Å². The molecule has 0 aliphatic carbocycles. The summed E-state index contributed by atoms with van der Waals surface area (Å²) in [5.74, 6) is 0. The van der Waals surface area contributed by atoms with Crippen LogP contribution in [0, 0.1) is 0 Å². The number of para-hydroxylation sites is 1. The molecule has 3 aromatic carbocycles. The Bertz CT molecular complexity index is 1020. The zero-order chi connectivity index (χ0) is 16.0. The first-order chi connectivity index (χ1) is 11.1. The van der Waals surface area contributed by atoms with Crippen molar-refractivity contribution in [3.63, 3.8) is 0 Å². The third-order valence-corrected chi connectivity index (χ3v) is 5.24. The Kier molecular flexibility index (Phi) is 3.57. The highest BCUT2D eigenvalue weighted by atomic mass is 35.5. The van der Waals surface area contributed by atoms with E-state index >= 15 is 0 Å². The standard InChI is InChI=1S/C19H13ClO2S/c1-23(21)19-9-5-3-7-13(19)14-11-18-15(10-16(14)20)12-6-2-4-8-17(12)22-18/h2-11H,1H3. The average Bonchev–Trinajstić information content (AvgIpc) is 2.92. The lowest BCUT2D eigenvalue weighted by molar-refractivity contribution is 0.601. The molecule has 0 N–H and O–H groups in total. The number of furan rings is 1. The van der Waals surface area contributed by atoms with Crippen LogP contribution in [0.4, 0.5) is 0 Å². The summed E-state index contributed by atoms with van der Waals surface area (Å²) < 4.78 is 17.9. The minimum absolute atomic E-state index is 0.627. The second-order valence-electron chi connectivity index (χ2n) is 5.38. The van der Waals surface area contributed by atoms with E-state index in [9.17, 15) is 4.55 Å². The molecular weight excluding hydrogens is 328 g/mol. The summed E-state index contributed by atoms with van der Waals surface area (Å²) >= 11 is 5.44. The maximum absolute atomic E-state index is 12.0. The first-order valence-corrected chi connectivity index (χ1v) is 9.12. The van der Waals surface area contributed by atoms with E-state index in [2.05, 4.69) is 0 Å². The van der Waals surface area contributed by atoms with Crippen LogP contribution in [0.15, 0.2) is 70.0 Å².